The first-order valence-corrected chi connectivity index (χ1v) is 16.0. The van der Waals surface area contributed by atoms with Gasteiger partial charge in [0, 0.05) is 19.3 Å². The lowest BCUT2D eigenvalue weighted by molar-refractivity contribution is -0.887. The number of aliphatic carboxylic acids is 1. The van der Waals surface area contributed by atoms with Gasteiger partial charge >= 0.3 is 17.9 Å². The van der Waals surface area contributed by atoms with Crippen LogP contribution in [0.3, 0.4) is 0 Å². The number of carbonyl (C=O) groups excluding carboxylic acids is 2. The number of rotatable bonds is 27. The number of nitrogens with zero attached hydrogens (tertiary/aromatic N) is 1. The van der Waals surface area contributed by atoms with Crippen molar-refractivity contribution in [1.29, 1.82) is 0 Å². The molecule has 0 bridgehead atoms. The summed E-state index contributed by atoms with van der Waals surface area (Å²) in [6.07, 6.45) is 26.1. The van der Waals surface area contributed by atoms with Gasteiger partial charge < -0.3 is 23.8 Å². The van der Waals surface area contributed by atoms with E-state index in [0.717, 1.165) is 44.9 Å². The summed E-state index contributed by atoms with van der Waals surface area (Å²) in [7, 11) is 5.47. The van der Waals surface area contributed by atoms with Crippen LogP contribution in [0.4, 0.5) is 0 Å². The molecule has 2 unspecified atom stereocenters. The highest BCUT2D eigenvalue weighted by Gasteiger charge is 2.31. The molecule has 0 aliphatic carbocycles. The molecular formula is C34H60NO7+. The van der Waals surface area contributed by atoms with E-state index in [2.05, 4.69) is 43.4 Å². The Bertz CT molecular complexity index is 798. The minimum absolute atomic E-state index is 0.0527. The van der Waals surface area contributed by atoms with Gasteiger partial charge in [0.25, 0.3) is 0 Å². The molecule has 0 aromatic carbocycles. The molecule has 8 heteroatoms. The number of carbonyl (C=O) groups is 3. The quantitative estimate of drug-likeness (QED) is 0.0465. The molecule has 0 aliphatic heterocycles. The Morgan fingerprint density at radius 1 is 0.738 bits per heavy atom. The standard InChI is InChI=1S/C34H59NO7/c1-6-8-9-10-11-12-13-14-15-16-17-18-19-20-21-22-23-25-33(37)42-30(29-41-32(36)24-7-2)28-40-27-26-31(34(38)39)35(3,4)5/h8-9,11-12,14-15,30-31H,6-7,10,13,16-29H2,1-5H3/p+1/b9-8-,12-11-,15-14-. The van der Waals surface area contributed by atoms with Crippen LogP contribution in [0.5, 0.6) is 0 Å². The lowest BCUT2D eigenvalue weighted by Gasteiger charge is -2.31. The molecule has 0 aliphatic rings. The molecule has 0 amide bonds. The fraction of sp³-hybridized carbons (Fsp3) is 0.735. The third-order valence-electron chi connectivity index (χ3n) is 6.77. The fourth-order valence-corrected chi connectivity index (χ4v) is 4.32. The normalized spacial score (nSPS) is 13.6. The maximum Gasteiger partial charge on any atom is 0.362 e. The van der Waals surface area contributed by atoms with Crippen LogP contribution >= 0.6 is 0 Å². The van der Waals surface area contributed by atoms with Gasteiger partial charge in [-0.25, -0.2) is 4.79 Å². The van der Waals surface area contributed by atoms with E-state index in [1.165, 1.54) is 25.7 Å². The molecule has 242 valence electrons. The molecule has 0 saturated carbocycles. The number of esters is 2. The van der Waals surface area contributed by atoms with E-state index >= 15 is 0 Å². The van der Waals surface area contributed by atoms with Crippen LogP contribution in [0.1, 0.15) is 110 Å². The van der Waals surface area contributed by atoms with Crippen LogP contribution in [-0.4, -0.2) is 80.6 Å². The van der Waals surface area contributed by atoms with Crippen molar-refractivity contribution < 1.29 is 38.2 Å². The van der Waals surface area contributed by atoms with Crippen LogP contribution in [0.15, 0.2) is 36.5 Å². The topological polar surface area (TPSA) is 99.1 Å². The van der Waals surface area contributed by atoms with Gasteiger partial charge in [-0.1, -0.05) is 82.4 Å². The van der Waals surface area contributed by atoms with Gasteiger partial charge in [-0.3, -0.25) is 9.59 Å². The number of likely N-dealkylation sites (N-methyl/N-ethyl adjacent to an activating group) is 1. The largest absolute Gasteiger partial charge is 0.477 e. The first kappa shape index (κ1) is 39.5. The van der Waals surface area contributed by atoms with E-state index in [-0.39, 0.29) is 36.2 Å². The zero-order valence-electron chi connectivity index (χ0n) is 27.2. The predicted octanol–water partition coefficient (Wildman–Crippen LogP) is 7.18. The van der Waals surface area contributed by atoms with E-state index in [1.54, 1.807) is 0 Å². The third kappa shape index (κ3) is 24.2. The van der Waals surface area contributed by atoms with Gasteiger partial charge in [-0.05, 0) is 44.9 Å². The number of hydrogen-bond acceptors (Lipinski definition) is 6. The van der Waals surface area contributed by atoms with Crippen molar-refractivity contribution in [2.75, 3.05) is 41.0 Å². The molecule has 42 heavy (non-hydrogen) atoms. The van der Waals surface area contributed by atoms with Crippen molar-refractivity contribution in [3.8, 4) is 0 Å². The van der Waals surface area contributed by atoms with Gasteiger partial charge in [0.1, 0.15) is 6.61 Å². The Kier molecular flexibility index (Phi) is 24.7. The molecule has 0 saturated heterocycles. The van der Waals surface area contributed by atoms with E-state index in [0.29, 0.717) is 25.7 Å². The van der Waals surface area contributed by atoms with Gasteiger partial charge in [0.2, 0.25) is 0 Å². The summed E-state index contributed by atoms with van der Waals surface area (Å²) in [6, 6.07) is -0.610. The molecular weight excluding hydrogens is 534 g/mol. The maximum absolute atomic E-state index is 12.4. The average Bonchev–Trinajstić information content (AvgIpc) is 2.92. The molecule has 0 aromatic rings. The van der Waals surface area contributed by atoms with Crippen molar-refractivity contribution in [3.63, 3.8) is 0 Å². The summed E-state index contributed by atoms with van der Waals surface area (Å²) in [6.45, 7) is 4.23. The molecule has 0 aromatic heterocycles. The van der Waals surface area contributed by atoms with Gasteiger partial charge in [-0.2, -0.15) is 0 Å². The molecule has 0 spiro atoms. The van der Waals surface area contributed by atoms with Crippen molar-refractivity contribution in [1.82, 2.24) is 0 Å². The number of ether oxygens (including phenoxy) is 3. The summed E-state index contributed by atoms with van der Waals surface area (Å²) in [5, 5.41) is 9.47. The summed E-state index contributed by atoms with van der Waals surface area (Å²) >= 11 is 0. The highest BCUT2D eigenvalue weighted by Crippen LogP contribution is 2.12. The molecule has 1 N–H and O–H groups in total. The Morgan fingerprint density at radius 2 is 1.33 bits per heavy atom. The summed E-state index contributed by atoms with van der Waals surface area (Å²) in [5.74, 6) is -1.55. The second-order valence-electron chi connectivity index (χ2n) is 11.7. The van der Waals surface area contributed by atoms with Gasteiger partial charge in [-0.15, -0.1) is 0 Å². The molecule has 0 rings (SSSR count). The molecule has 0 fully saturated rings. The first-order valence-electron chi connectivity index (χ1n) is 16.0. The Balaban J connectivity index is 4.16. The maximum atomic E-state index is 12.4. The number of carboxylic acid groups (broad SMARTS) is 1. The number of unbranched alkanes of at least 4 members (excludes halogenated alkanes) is 7. The number of quaternary nitrogens is 1. The smallest absolute Gasteiger partial charge is 0.362 e. The van der Waals surface area contributed by atoms with E-state index < -0.39 is 18.1 Å². The van der Waals surface area contributed by atoms with Crippen molar-refractivity contribution in [2.45, 2.75) is 122 Å². The van der Waals surface area contributed by atoms with Crippen molar-refractivity contribution >= 4 is 17.9 Å². The summed E-state index contributed by atoms with van der Waals surface area (Å²) in [5.41, 5.74) is 0. The molecule has 2 atom stereocenters. The van der Waals surface area contributed by atoms with Crippen molar-refractivity contribution in [2.24, 2.45) is 0 Å². The minimum atomic E-state index is -0.884. The highest BCUT2D eigenvalue weighted by molar-refractivity contribution is 5.72. The van der Waals surface area contributed by atoms with Crippen LogP contribution in [-0.2, 0) is 28.6 Å². The number of carboxylic acids is 1. The zero-order valence-corrected chi connectivity index (χ0v) is 27.2. The van der Waals surface area contributed by atoms with Gasteiger partial charge in [0.05, 0.1) is 34.4 Å². The minimum Gasteiger partial charge on any atom is -0.477 e. The second-order valence-corrected chi connectivity index (χ2v) is 11.7. The molecule has 0 radical (unpaired) electrons. The second kappa shape index (κ2) is 26.2. The molecule has 0 heterocycles. The Labute approximate surface area is 255 Å². The number of hydrogen-bond donors (Lipinski definition) is 1. The Morgan fingerprint density at radius 3 is 1.93 bits per heavy atom. The van der Waals surface area contributed by atoms with Crippen LogP contribution in [0.25, 0.3) is 0 Å². The lowest BCUT2D eigenvalue weighted by atomic mass is 10.1. The molecule has 8 nitrogen and oxygen atoms in total. The highest BCUT2D eigenvalue weighted by atomic mass is 16.6. The fourth-order valence-electron chi connectivity index (χ4n) is 4.32. The van der Waals surface area contributed by atoms with E-state index in [4.69, 9.17) is 14.2 Å². The van der Waals surface area contributed by atoms with Crippen molar-refractivity contribution in [3.05, 3.63) is 36.5 Å². The summed E-state index contributed by atoms with van der Waals surface area (Å²) in [4.78, 5) is 35.8. The number of allylic oxidation sites excluding steroid dienone is 6. The average molecular weight is 595 g/mol. The third-order valence-corrected chi connectivity index (χ3v) is 6.77. The van der Waals surface area contributed by atoms with Crippen LogP contribution in [0.2, 0.25) is 0 Å². The zero-order chi connectivity index (χ0) is 31.5. The SMILES string of the molecule is CC/C=C\C/C=C\C/C=C\CCCCCCCCCC(=O)OC(COCCC(C(=O)O)[N+](C)(C)C)COC(=O)CCC. The monoisotopic (exact) mass is 594 g/mol. The predicted molar refractivity (Wildman–Crippen MR) is 169 cm³/mol. The van der Waals surface area contributed by atoms with E-state index in [1.807, 2.05) is 28.1 Å². The first-order chi connectivity index (χ1) is 20.1. The summed E-state index contributed by atoms with van der Waals surface area (Å²) < 4.78 is 16.7. The Hall–Kier alpha value is -2.45. The van der Waals surface area contributed by atoms with Gasteiger partial charge in [0.15, 0.2) is 12.1 Å². The van der Waals surface area contributed by atoms with E-state index in [9.17, 15) is 19.5 Å². The van der Waals surface area contributed by atoms with Crippen LogP contribution in [0, 0.1) is 0 Å². The lowest BCUT2D eigenvalue weighted by Crippen LogP contribution is -2.50. The van der Waals surface area contributed by atoms with Crippen LogP contribution < -0.4 is 0 Å².